The van der Waals surface area contributed by atoms with E-state index in [0.717, 1.165) is 43.1 Å². The van der Waals surface area contributed by atoms with E-state index in [9.17, 15) is 0 Å². The average Bonchev–Trinajstić information content (AvgIpc) is 2.90. The Morgan fingerprint density at radius 2 is 2.21 bits per heavy atom. The Hall–Kier alpha value is -1.03. The third-order valence-corrected chi connectivity index (χ3v) is 4.44. The van der Waals surface area contributed by atoms with Crippen molar-refractivity contribution in [1.29, 1.82) is 0 Å². The number of methoxy groups -OCH3 is 1. The molecule has 108 valence electrons. The van der Waals surface area contributed by atoms with E-state index in [1.807, 2.05) is 0 Å². The molecule has 1 aromatic rings. The zero-order valence-corrected chi connectivity index (χ0v) is 12.6. The van der Waals surface area contributed by atoms with Gasteiger partial charge in [0.15, 0.2) is 0 Å². The fourth-order valence-electron chi connectivity index (χ4n) is 3.05. The van der Waals surface area contributed by atoms with Gasteiger partial charge in [-0.25, -0.2) is 4.98 Å². The van der Waals surface area contributed by atoms with Gasteiger partial charge in [0, 0.05) is 32.5 Å². The molecule has 0 amide bonds. The fraction of sp³-hybridized carbons (Fsp3) is 0.800. The molecule has 4 heteroatoms. The number of aromatic nitrogens is 2. The molecule has 0 radical (unpaired) electrons. The zero-order valence-electron chi connectivity index (χ0n) is 12.6. The maximum absolute atomic E-state index is 5.08. The van der Waals surface area contributed by atoms with E-state index in [4.69, 9.17) is 4.74 Å². The molecule has 1 N–H and O–H groups in total. The summed E-state index contributed by atoms with van der Waals surface area (Å²) in [6.45, 7) is 8.51. The molecule has 4 nitrogen and oxygen atoms in total. The molecule has 3 unspecified atom stereocenters. The number of hydrogen-bond acceptors (Lipinski definition) is 3. The van der Waals surface area contributed by atoms with Gasteiger partial charge in [0.1, 0.15) is 0 Å². The van der Waals surface area contributed by atoms with E-state index in [2.05, 4.69) is 41.8 Å². The van der Waals surface area contributed by atoms with Crippen LogP contribution in [-0.4, -0.2) is 29.8 Å². The van der Waals surface area contributed by atoms with Crippen molar-refractivity contribution >= 4 is 5.95 Å². The van der Waals surface area contributed by atoms with Gasteiger partial charge in [-0.3, -0.25) is 0 Å². The number of nitrogens with zero attached hydrogens (tertiary/aromatic N) is 2. The van der Waals surface area contributed by atoms with E-state index in [-0.39, 0.29) is 0 Å². The average molecular weight is 265 g/mol. The maximum Gasteiger partial charge on any atom is 0.203 e. The van der Waals surface area contributed by atoms with Gasteiger partial charge >= 0.3 is 0 Å². The Morgan fingerprint density at radius 1 is 1.42 bits per heavy atom. The normalized spacial score (nSPS) is 26.8. The number of aryl methyl sites for hydroxylation is 1. The molecule has 1 aliphatic rings. The number of imidazole rings is 1. The number of rotatable bonds is 6. The second kappa shape index (κ2) is 6.42. The van der Waals surface area contributed by atoms with Crippen molar-refractivity contribution in [1.82, 2.24) is 9.55 Å². The van der Waals surface area contributed by atoms with Gasteiger partial charge in [-0.1, -0.05) is 13.8 Å². The van der Waals surface area contributed by atoms with Crippen molar-refractivity contribution in [2.45, 2.75) is 46.1 Å². The summed E-state index contributed by atoms with van der Waals surface area (Å²) in [7, 11) is 1.74. The monoisotopic (exact) mass is 265 g/mol. The largest absolute Gasteiger partial charge is 0.385 e. The molecular formula is C15H27N3O. The molecule has 0 aromatic carbocycles. The predicted molar refractivity (Wildman–Crippen MR) is 78.5 cm³/mol. The minimum atomic E-state index is 0.598. The van der Waals surface area contributed by atoms with Crippen molar-refractivity contribution in [3.8, 4) is 0 Å². The molecule has 1 heterocycles. The first-order chi connectivity index (χ1) is 9.13. The summed E-state index contributed by atoms with van der Waals surface area (Å²) in [5.41, 5.74) is 1.10. The molecule has 0 spiro atoms. The Labute approximate surface area is 116 Å². The molecule has 1 saturated carbocycles. The summed E-state index contributed by atoms with van der Waals surface area (Å²) in [5.74, 6) is 2.57. The van der Waals surface area contributed by atoms with Crippen LogP contribution in [0.1, 0.15) is 44.8 Å². The lowest BCUT2D eigenvalue weighted by molar-refractivity contribution is 0.197. The minimum absolute atomic E-state index is 0.598. The summed E-state index contributed by atoms with van der Waals surface area (Å²) in [4.78, 5) is 4.62. The number of anilines is 1. The van der Waals surface area contributed by atoms with E-state index >= 15 is 0 Å². The SMILES string of the molecule is COCCCNc1nc(C)cn1C1CCC(C)C1C. The summed E-state index contributed by atoms with van der Waals surface area (Å²) in [5, 5.41) is 3.45. The van der Waals surface area contributed by atoms with Crippen molar-refractivity contribution < 1.29 is 4.74 Å². The lowest BCUT2D eigenvalue weighted by Crippen LogP contribution is -2.17. The van der Waals surface area contributed by atoms with Crippen LogP contribution in [0.5, 0.6) is 0 Å². The molecule has 0 saturated heterocycles. The third-order valence-electron chi connectivity index (χ3n) is 4.44. The standard InChI is InChI=1S/C15H27N3O/c1-11-6-7-14(13(11)3)18-10-12(2)17-15(18)16-8-5-9-19-4/h10-11,13-14H,5-9H2,1-4H3,(H,16,17). The van der Waals surface area contributed by atoms with Crippen LogP contribution in [0, 0.1) is 18.8 Å². The van der Waals surface area contributed by atoms with Crippen LogP contribution in [0.4, 0.5) is 5.95 Å². The predicted octanol–water partition coefficient (Wildman–Crippen LogP) is 3.25. The Kier molecular flexibility index (Phi) is 4.86. The van der Waals surface area contributed by atoms with Gasteiger partial charge in [-0.05, 0) is 38.0 Å². The van der Waals surface area contributed by atoms with Gasteiger partial charge < -0.3 is 14.6 Å². The molecule has 1 aliphatic carbocycles. The van der Waals surface area contributed by atoms with E-state index in [1.165, 1.54) is 12.8 Å². The molecule has 0 aliphatic heterocycles. The lowest BCUT2D eigenvalue weighted by Gasteiger charge is -2.22. The van der Waals surface area contributed by atoms with Gasteiger partial charge in [0.2, 0.25) is 5.95 Å². The van der Waals surface area contributed by atoms with Crippen LogP contribution in [0.15, 0.2) is 6.20 Å². The lowest BCUT2D eigenvalue weighted by atomic mass is 9.98. The zero-order chi connectivity index (χ0) is 13.8. The highest BCUT2D eigenvalue weighted by Crippen LogP contribution is 2.41. The number of ether oxygens (including phenoxy) is 1. The summed E-state index contributed by atoms with van der Waals surface area (Å²) >= 11 is 0. The van der Waals surface area contributed by atoms with Crippen LogP contribution in [0.25, 0.3) is 0 Å². The quantitative estimate of drug-likeness (QED) is 0.803. The first-order valence-corrected chi connectivity index (χ1v) is 7.41. The van der Waals surface area contributed by atoms with Crippen LogP contribution in [0.3, 0.4) is 0 Å². The van der Waals surface area contributed by atoms with Crippen LogP contribution in [0.2, 0.25) is 0 Å². The maximum atomic E-state index is 5.08. The Morgan fingerprint density at radius 3 is 2.84 bits per heavy atom. The van der Waals surface area contributed by atoms with Crippen molar-refractivity contribution in [3.05, 3.63) is 11.9 Å². The van der Waals surface area contributed by atoms with Gasteiger partial charge in [0.25, 0.3) is 0 Å². The van der Waals surface area contributed by atoms with Crippen molar-refractivity contribution in [3.63, 3.8) is 0 Å². The Balaban J connectivity index is 2.03. The van der Waals surface area contributed by atoms with Crippen LogP contribution < -0.4 is 5.32 Å². The molecular weight excluding hydrogens is 238 g/mol. The topological polar surface area (TPSA) is 39.1 Å². The fourth-order valence-corrected chi connectivity index (χ4v) is 3.05. The highest BCUT2D eigenvalue weighted by molar-refractivity contribution is 5.30. The molecule has 2 rings (SSSR count). The molecule has 0 bridgehead atoms. The van der Waals surface area contributed by atoms with E-state index in [0.29, 0.717) is 6.04 Å². The first kappa shape index (κ1) is 14.4. The molecule has 1 fully saturated rings. The second-order valence-corrected chi connectivity index (χ2v) is 5.87. The molecule has 19 heavy (non-hydrogen) atoms. The highest BCUT2D eigenvalue weighted by atomic mass is 16.5. The molecule has 1 aromatic heterocycles. The minimum Gasteiger partial charge on any atom is -0.385 e. The number of hydrogen-bond donors (Lipinski definition) is 1. The van der Waals surface area contributed by atoms with E-state index < -0.39 is 0 Å². The van der Waals surface area contributed by atoms with Crippen LogP contribution in [-0.2, 0) is 4.74 Å². The summed E-state index contributed by atoms with van der Waals surface area (Å²) < 4.78 is 7.44. The number of nitrogens with one attached hydrogen (secondary N) is 1. The first-order valence-electron chi connectivity index (χ1n) is 7.41. The smallest absolute Gasteiger partial charge is 0.203 e. The molecule has 3 atom stereocenters. The summed E-state index contributed by atoms with van der Waals surface area (Å²) in [6, 6.07) is 0.598. The van der Waals surface area contributed by atoms with Crippen molar-refractivity contribution in [2.24, 2.45) is 11.8 Å². The van der Waals surface area contributed by atoms with Gasteiger partial charge in [-0.15, -0.1) is 0 Å². The van der Waals surface area contributed by atoms with E-state index in [1.54, 1.807) is 7.11 Å². The third kappa shape index (κ3) is 3.30. The van der Waals surface area contributed by atoms with Crippen LogP contribution >= 0.6 is 0 Å². The van der Waals surface area contributed by atoms with Gasteiger partial charge in [-0.2, -0.15) is 0 Å². The van der Waals surface area contributed by atoms with Gasteiger partial charge in [0.05, 0.1) is 5.69 Å². The Bertz CT molecular complexity index is 402. The highest BCUT2D eigenvalue weighted by Gasteiger charge is 2.32. The second-order valence-electron chi connectivity index (χ2n) is 5.87. The van der Waals surface area contributed by atoms with Crippen molar-refractivity contribution in [2.75, 3.05) is 25.6 Å². The summed E-state index contributed by atoms with van der Waals surface area (Å²) in [6.07, 6.45) is 5.80.